The Morgan fingerprint density at radius 1 is 1.29 bits per heavy atom. The van der Waals surface area contributed by atoms with Crippen LogP contribution in [0.4, 0.5) is 0 Å². The monoisotopic (exact) mass is 244 g/mol. The lowest BCUT2D eigenvalue weighted by Crippen LogP contribution is -1.90. The van der Waals surface area contributed by atoms with Crippen molar-refractivity contribution in [1.29, 1.82) is 5.26 Å². The van der Waals surface area contributed by atoms with Crippen molar-refractivity contribution >= 4 is 11.6 Å². The average Bonchev–Trinajstić information content (AvgIpc) is 2.35. The van der Waals surface area contributed by atoms with Gasteiger partial charge >= 0.3 is 0 Å². The van der Waals surface area contributed by atoms with Gasteiger partial charge in [0.05, 0.1) is 16.7 Å². The van der Waals surface area contributed by atoms with Gasteiger partial charge in [0, 0.05) is 12.3 Å². The van der Waals surface area contributed by atoms with E-state index in [1.54, 1.807) is 24.3 Å². The Labute approximate surface area is 104 Å². The summed E-state index contributed by atoms with van der Waals surface area (Å²) in [6.07, 6.45) is 1.51. The quantitative estimate of drug-likeness (QED) is 0.809. The van der Waals surface area contributed by atoms with Crippen LogP contribution in [0.15, 0.2) is 36.5 Å². The molecule has 1 aromatic carbocycles. The molecular weight excluding hydrogens is 236 g/mol. The maximum atomic E-state index is 8.82. The fourth-order valence-corrected chi connectivity index (χ4v) is 1.43. The van der Waals surface area contributed by atoms with E-state index < -0.39 is 0 Å². The molecule has 0 saturated carbocycles. The van der Waals surface area contributed by atoms with E-state index in [4.69, 9.17) is 21.6 Å². The molecular formula is C13H9ClN2O. The van der Waals surface area contributed by atoms with Crippen LogP contribution in [-0.4, -0.2) is 4.98 Å². The fourth-order valence-electron chi connectivity index (χ4n) is 1.31. The summed E-state index contributed by atoms with van der Waals surface area (Å²) in [6, 6.07) is 10.7. The van der Waals surface area contributed by atoms with Crippen molar-refractivity contribution in [3.05, 3.63) is 52.7 Å². The molecule has 0 fully saturated rings. The number of ether oxygens (including phenoxy) is 1. The van der Waals surface area contributed by atoms with E-state index in [-0.39, 0.29) is 0 Å². The zero-order valence-electron chi connectivity index (χ0n) is 9.14. The second-order valence-corrected chi connectivity index (χ2v) is 3.95. The first-order valence-corrected chi connectivity index (χ1v) is 5.37. The SMILES string of the molecule is Cc1ccc(C#N)cc1Oc1ccc(Cl)cn1. The Balaban J connectivity index is 2.29. The maximum Gasteiger partial charge on any atom is 0.219 e. The van der Waals surface area contributed by atoms with E-state index in [1.807, 2.05) is 13.0 Å². The predicted octanol–water partition coefficient (Wildman–Crippen LogP) is 3.71. The summed E-state index contributed by atoms with van der Waals surface area (Å²) in [5.41, 5.74) is 1.50. The molecule has 2 aromatic rings. The van der Waals surface area contributed by atoms with Gasteiger partial charge in [0.25, 0.3) is 0 Å². The van der Waals surface area contributed by atoms with E-state index in [0.717, 1.165) is 5.56 Å². The molecule has 0 aliphatic rings. The highest BCUT2D eigenvalue weighted by Gasteiger charge is 2.04. The number of aromatic nitrogens is 1. The van der Waals surface area contributed by atoms with Crippen LogP contribution >= 0.6 is 11.6 Å². The summed E-state index contributed by atoms with van der Waals surface area (Å²) in [4.78, 5) is 4.03. The largest absolute Gasteiger partial charge is 0.439 e. The van der Waals surface area contributed by atoms with E-state index >= 15 is 0 Å². The van der Waals surface area contributed by atoms with Crippen LogP contribution in [0, 0.1) is 18.3 Å². The van der Waals surface area contributed by atoms with Crippen molar-refractivity contribution in [3.63, 3.8) is 0 Å². The molecule has 1 heterocycles. The van der Waals surface area contributed by atoms with Crippen LogP contribution in [0.2, 0.25) is 5.02 Å². The van der Waals surface area contributed by atoms with Gasteiger partial charge in [0.15, 0.2) is 0 Å². The van der Waals surface area contributed by atoms with Gasteiger partial charge in [-0.1, -0.05) is 17.7 Å². The highest BCUT2D eigenvalue weighted by Crippen LogP contribution is 2.25. The second kappa shape index (κ2) is 4.86. The van der Waals surface area contributed by atoms with Crippen LogP contribution < -0.4 is 4.74 Å². The van der Waals surface area contributed by atoms with Crippen molar-refractivity contribution in [1.82, 2.24) is 4.98 Å². The lowest BCUT2D eigenvalue weighted by atomic mass is 10.1. The van der Waals surface area contributed by atoms with Gasteiger partial charge in [-0.25, -0.2) is 4.98 Å². The standard InChI is InChI=1S/C13H9ClN2O/c1-9-2-3-10(7-15)6-12(9)17-13-5-4-11(14)8-16-13/h2-6,8H,1H3. The minimum Gasteiger partial charge on any atom is -0.439 e. The highest BCUT2D eigenvalue weighted by molar-refractivity contribution is 6.30. The molecule has 0 amide bonds. The first kappa shape index (κ1) is 11.4. The first-order chi connectivity index (χ1) is 8.19. The molecule has 0 N–H and O–H groups in total. The van der Waals surface area contributed by atoms with Crippen LogP contribution in [0.25, 0.3) is 0 Å². The minimum atomic E-state index is 0.451. The number of hydrogen-bond donors (Lipinski definition) is 0. The van der Waals surface area contributed by atoms with Crippen LogP contribution in [0.5, 0.6) is 11.6 Å². The van der Waals surface area contributed by atoms with E-state index in [1.165, 1.54) is 6.20 Å². The van der Waals surface area contributed by atoms with Gasteiger partial charge in [0.1, 0.15) is 5.75 Å². The molecule has 2 rings (SSSR count). The lowest BCUT2D eigenvalue weighted by Gasteiger charge is -2.07. The Kier molecular flexibility index (Phi) is 3.27. The van der Waals surface area contributed by atoms with E-state index in [2.05, 4.69) is 11.1 Å². The first-order valence-electron chi connectivity index (χ1n) is 4.99. The number of aryl methyl sites for hydroxylation is 1. The van der Waals surface area contributed by atoms with Gasteiger partial charge in [0.2, 0.25) is 5.88 Å². The third-order valence-electron chi connectivity index (χ3n) is 2.23. The van der Waals surface area contributed by atoms with Gasteiger partial charge in [-0.3, -0.25) is 0 Å². The molecule has 84 valence electrons. The van der Waals surface area contributed by atoms with Crippen molar-refractivity contribution in [2.75, 3.05) is 0 Å². The summed E-state index contributed by atoms with van der Waals surface area (Å²) in [5.74, 6) is 1.08. The molecule has 0 unspecified atom stereocenters. The molecule has 3 nitrogen and oxygen atoms in total. The van der Waals surface area contributed by atoms with Crippen molar-refractivity contribution < 1.29 is 4.74 Å². The van der Waals surface area contributed by atoms with Crippen molar-refractivity contribution in [2.45, 2.75) is 6.92 Å². The van der Waals surface area contributed by atoms with Gasteiger partial charge in [-0.15, -0.1) is 0 Å². The molecule has 0 spiro atoms. The zero-order valence-corrected chi connectivity index (χ0v) is 9.90. The molecule has 0 saturated heterocycles. The highest BCUT2D eigenvalue weighted by atomic mass is 35.5. The Morgan fingerprint density at radius 2 is 2.12 bits per heavy atom. The summed E-state index contributed by atoms with van der Waals surface area (Å²) < 4.78 is 5.59. The number of benzene rings is 1. The third-order valence-corrected chi connectivity index (χ3v) is 2.46. The molecule has 17 heavy (non-hydrogen) atoms. The van der Waals surface area contributed by atoms with Crippen molar-refractivity contribution in [2.24, 2.45) is 0 Å². The van der Waals surface area contributed by atoms with E-state index in [0.29, 0.717) is 22.2 Å². The second-order valence-electron chi connectivity index (χ2n) is 3.51. The number of pyridine rings is 1. The van der Waals surface area contributed by atoms with Crippen LogP contribution in [0.3, 0.4) is 0 Å². The maximum absolute atomic E-state index is 8.82. The summed E-state index contributed by atoms with van der Waals surface area (Å²) in [6.45, 7) is 1.91. The number of nitrogens with zero attached hydrogens (tertiary/aromatic N) is 2. The third kappa shape index (κ3) is 2.74. The van der Waals surface area contributed by atoms with Crippen LogP contribution in [0.1, 0.15) is 11.1 Å². The number of hydrogen-bond acceptors (Lipinski definition) is 3. The summed E-state index contributed by atoms with van der Waals surface area (Å²) in [7, 11) is 0. The zero-order chi connectivity index (χ0) is 12.3. The lowest BCUT2D eigenvalue weighted by molar-refractivity contribution is 0.459. The summed E-state index contributed by atoms with van der Waals surface area (Å²) >= 11 is 5.73. The van der Waals surface area contributed by atoms with Gasteiger partial charge in [-0.05, 0) is 30.7 Å². The minimum absolute atomic E-state index is 0.451. The number of rotatable bonds is 2. The topological polar surface area (TPSA) is 45.9 Å². The summed E-state index contributed by atoms with van der Waals surface area (Å²) in [5, 5.41) is 9.37. The smallest absolute Gasteiger partial charge is 0.219 e. The molecule has 0 atom stereocenters. The Bertz CT molecular complexity index is 573. The normalized spacial score (nSPS) is 9.71. The fraction of sp³-hybridized carbons (Fsp3) is 0.0769. The number of nitriles is 1. The number of halogens is 1. The molecule has 0 bridgehead atoms. The Morgan fingerprint density at radius 3 is 2.76 bits per heavy atom. The Hall–Kier alpha value is -2.05. The predicted molar refractivity (Wildman–Crippen MR) is 65.2 cm³/mol. The molecule has 0 aliphatic carbocycles. The molecule has 0 radical (unpaired) electrons. The van der Waals surface area contributed by atoms with E-state index in [9.17, 15) is 0 Å². The van der Waals surface area contributed by atoms with Crippen LogP contribution in [-0.2, 0) is 0 Å². The molecule has 1 aromatic heterocycles. The molecule has 0 aliphatic heterocycles. The van der Waals surface area contributed by atoms with Gasteiger partial charge < -0.3 is 4.74 Å². The average molecular weight is 245 g/mol. The van der Waals surface area contributed by atoms with Gasteiger partial charge in [-0.2, -0.15) is 5.26 Å². The van der Waals surface area contributed by atoms with Crippen molar-refractivity contribution in [3.8, 4) is 17.7 Å². The molecule has 4 heteroatoms.